The normalized spacial score (nSPS) is 12.2. The molecule has 2 N–H and O–H groups in total. The highest BCUT2D eigenvalue weighted by Crippen LogP contribution is 2.23. The number of nitriles is 1. The van der Waals surface area contributed by atoms with Crippen molar-refractivity contribution in [2.75, 3.05) is 5.32 Å². The lowest BCUT2D eigenvalue weighted by Gasteiger charge is -2.14. The molecule has 0 bridgehead atoms. The van der Waals surface area contributed by atoms with Crippen LogP contribution in [-0.4, -0.2) is 5.91 Å². The van der Waals surface area contributed by atoms with E-state index in [-0.39, 0.29) is 11.6 Å². The predicted octanol–water partition coefficient (Wildman–Crippen LogP) is 4.91. The van der Waals surface area contributed by atoms with Crippen LogP contribution in [0.3, 0.4) is 0 Å². The fourth-order valence-corrected chi connectivity index (χ4v) is 2.64. The first-order valence-electron chi connectivity index (χ1n) is 8.47. The molecule has 5 heteroatoms. The molecule has 134 valence electrons. The van der Waals surface area contributed by atoms with Gasteiger partial charge in [-0.3, -0.25) is 4.79 Å². The molecule has 0 aromatic heterocycles. The fraction of sp³-hybridized carbons (Fsp3) is 0.238. The van der Waals surface area contributed by atoms with Crippen LogP contribution in [0.5, 0.6) is 0 Å². The lowest BCUT2D eigenvalue weighted by Crippen LogP contribution is -2.28. The van der Waals surface area contributed by atoms with Gasteiger partial charge >= 0.3 is 0 Å². The minimum Gasteiger partial charge on any atom is -0.360 e. The van der Waals surface area contributed by atoms with Crippen LogP contribution in [0.15, 0.2) is 54.2 Å². The Balaban J connectivity index is 2.07. The number of carbonyl (C=O) groups excluding carboxylic acids is 1. The van der Waals surface area contributed by atoms with Crippen LogP contribution in [-0.2, 0) is 11.2 Å². The van der Waals surface area contributed by atoms with E-state index < -0.39 is 5.91 Å². The minimum absolute atomic E-state index is 0.00130. The van der Waals surface area contributed by atoms with E-state index in [0.29, 0.717) is 5.02 Å². The number of benzene rings is 2. The Morgan fingerprint density at radius 1 is 1.27 bits per heavy atom. The van der Waals surface area contributed by atoms with Crippen LogP contribution in [0.2, 0.25) is 5.02 Å². The number of nitrogens with zero attached hydrogens (tertiary/aromatic N) is 1. The first kappa shape index (κ1) is 19.6. The third-order valence-electron chi connectivity index (χ3n) is 4.24. The van der Waals surface area contributed by atoms with E-state index in [0.717, 1.165) is 23.2 Å². The third-order valence-corrected chi connectivity index (χ3v) is 4.65. The molecule has 0 fully saturated rings. The number of hydrogen-bond donors (Lipinski definition) is 2. The summed E-state index contributed by atoms with van der Waals surface area (Å²) in [5.41, 5.74) is 3.84. The van der Waals surface area contributed by atoms with Gasteiger partial charge in [0, 0.05) is 16.9 Å². The largest absolute Gasteiger partial charge is 0.360 e. The zero-order chi connectivity index (χ0) is 19.1. The molecule has 0 spiro atoms. The van der Waals surface area contributed by atoms with Crippen molar-refractivity contribution in [3.8, 4) is 6.07 Å². The van der Waals surface area contributed by atoms with Crippen LogP contribution in [0.1, 0.15) is 36.6 Å². The van der Waals surface area contributed by atoms with Crippen molar-refractivity contribution in [1.29, 1.82) is 5.26 Å². The first-order valence-corrected chi connectivity index (χ1v) is 8.85. The summed E-state index contributed by atoms with van der Waals surface area (Å²) in [6, 6.07) is 15.2. The molecule has 2 rings (SSSR count). The van der Waals surface area contributed by atoms with Gasteiger partial charge in [0.15, 0.2) is 0 Å². The molecular weight excluding hydrogens is 346 g/mol. The van der Waals surface area contributed by atoms with Crippen molar-refractivity contribution in [1.82, 2.24) is 5.32 Å². The van der Waals surface area contributed by atoms with Gasteiger partial charge in [-0.05, 0) is 49.1 Å². The van der Waals surface area contributed by atoms with Crippen LogP contribution >= 0.6 is 11.6 Å². The summed E-state index contributed by atoms with van der Waals surface area (Å²) < 4.78 is 0. The van der Waals surface area contributed by atoms with Crippen LogP contribution in [0.25, 0.3) is 0 Å². The van der Waals surface area contributed by atoms with Crippen molar-refractivity contribution >= 4 is 23.2 Å². The molecule has 0 heterocycles. The van der Waals surface area contributed by atoms with Gasteiger partial charge in [0.2, 0.25) is 0 Å². The molecule has 2 aromatic rings. The summed E-state index contributed by atoms with van der Waals surface area (Å²) in [5, 5.41) is 15.8. The summed E-state index contributed by atoms with van der Waals surface area (Å²) >= 11 is 6.08. The Hall–Kier alpha value is -2.77. The van der Waals surface area contributed by atoms with Gasteiger partial charge < -0.3 is 10.6 Å². The van der Waals surface area contributed by atoms with Crippen LogP contribution in [0.4, 0.5) is 5.69 Å². The van der Waals surface area contributed by atoms with Gasteiger partial charge in [-0.25, -0.2) is 0 Å². The molecule has 2 aromatic carbocycles. The van der Waals surface area contributed by atoms with E-state index in [9.17, 15) is 10.1 Å². The molecule has 0 saturated heterocycles. The van der Waals surface area contributed by atoms with Crippen molar-refractivity contribution < 1.29 is 4.79 Å². The van der Waals surface area contributed by atoms with Gasteiger partial charge in [-0.1, -0.05) is 48.9 Å². The van der Waals surface area contributed by atoms with E-state index in [1.165, 1.54) is 11.8 Å². The van der Waals surface area contributed by atoms with E-state index >= 15 is 0 Å². The van der Waals surface area contributed by atoms with E-state index in [1.54, 1.807) is 12.1 Å². The molecule has 1 unspecified atom stereocenters. The zero-order valence-corrected chi connectivity index (χ0v) is 15.9. The number of rotatable bonds is 6. The summed E-state index contributed by atoms with van der Waals surface area (Å²) in [6.07, 6.45) is 2.37. The fourth-order valence-electron chi connectivity index (χ4n) is 2.46. The molecule has 26 heavy (non-hydrogen) atoms. The predicted molar refractivity (Wildman–Crippen MR) is 106 cm³/mol. The average molecular weight is 368 g/mol. The maximum atomic E-state index is 12.4. The maximum Gasteiger partial charge on any atom is 0.263 e. The minimum atomic E-state index is -0.424. The summed E-state index contributed by atoms with van der Waals surface area (Å²) in [7, 11) is 0. The van der Waals surface area contributed by atoms with Crippen molar-refractivity contribution in [2.45, 2.75) is 33.2 Å². The summed E-state index contributed by atoms with van der Waals surface area (Å²) in [6.45, 7) is 5.86. The molecule has 0 radical (unpaired) electrons. The van der Waals surface area contributed by atoms with E-state index in [2.05, 4.69) is 17.6 Å². The Labute approximate surface area is 159 Å². The lowest BCUT2D eigenvalue weighted by atomic mass is 10.0. The molecule has 1 amide bonds. The first-order chi connectivity index (χ1) is 12.5. The highest BCUT2D eigenvalue weighted by atomic mass is 35.5. The number of carbonyl (C=O) groups is 1. The molecule has 4 nitrogen and oxygen atoms in total. The highest BCUT2D eigenvalue weighted by Gasteiger charge is 2.14. The quantitative estimate of drug-likeness (QED) is 0.563. The second-order valence-electron chi connectivity index (χ2n) is 6.02. The maximum absolute atomic E-state index is 12.4. The Morgan fingerprint density at radius 3 is 2.58 bits per heavy atom. The molecule has 1 atom stereocenters. The smallest absolute Gasteiger partial charge is 0.263 e. The molecule has 0 aliphatic heterocycles. The second kappa shape index (κ2) is 9.07. The SMILES string of the molecule is CCc1ccc(C(C)NC(=O)/C(C#N)=C\Nc2cccc(Cl)c2C)cc1. The Morgan fingerprint density at radius 2 is 1.96 bits per heavy atom. The number of anilines is 1. The van der Waals surface area contributed by atoms with Crippen molar-refractivity contribution in [2.24, 2.45) is 0 Å². The van der Waals surface area contributed by atoms with Gasteiger partial charge in [-0.15, -0.1) is 0 Å². The summed E-state index contributed by atoms with van der Waals surface area (Å²) in [5.74, 6) is -0.424. The number of nitrogens with one attached hydrogen (secondary N) is 2. The van der Waals surface area contributed by atoms with Gasteiger partial charge in [0.1, 0.15) is 11.6 Å². The Bertz CT molecular complexity index is 851. The van der Waals surface area contributed by atoms with E-state index in [4.69, 9.17) is 11.6 Å². The van der Waals surface area contributed by atoms with E-state index in [1.807, 2.05) is 50.2 Å². The van der Waals surface area contributed by atoms with Crippen molar-refractivity contribution in [3.05, 3.63) is 76.0 Å². The van der Waals surface area contributed by atoms with Crippen LogP contribution < -0.4 is 10.6 Å². The molecule has 0 aliphatic carbocycles. The number of amides is 1. The summed E-state index contributed by atoms with van der Waals surface area (Å²) in [4.78, 5) is 12.4. The zero-order valence-electron chi connectivity index (χ0n) is 15.1. The number of aryl methyl sites for hydroxylation is 1. The number of hydrogen-bond acceptors (Lipinski definition) is 3. The van der Waals surface area contributed by atoms with Crippen molar-refractivity contribution in [3.63, 3.8) is 0 Å². The third kappa shape index (κ3) is 4.87. The second-order valence-corrected chi connectivity index (χ2v) is 6.42. The topological polar surface area (TPSA) is 64.9 Å². The average Bonchev–Trinajstić information content (AvgIpc) is 2.65. The number of halogens is 1. The molecule has 0 saturated carbocycles. The highest BCUT2D eigenvalue weighted by molar-refractivity contribution is 6.31. The monoisotopic (exact) mass is 367 g/mol. The van der Waals surface area contributed by atoms with Crippen LogP contribution in [0, 0.1) is 18.3 Å². The van der Waals surface area contributed by atoms with Gasteiger partial charge in [0.05, 0.1) is 6.04 Å². The van der Waals surface area contributed by atoms with Gasteiger partial charge in [0.25, 0.3) is 5.91 Å². The lowest BCUT2D eigenvalue weighted by molar-refractivity contribution is -0.117. The molecular formula is C21H22ClN3O. The molecule has 0 aliphatic rings. The Kier molecular flexibility index (Phi) is 6.82. The van der Waals surface area contributed by atoms with Gasteiger partial charge in [-0.2, -0.15) is 5.26 Å². The standard InChI is InChI=1S/C21H22ClN3O/c1-4-16-8-10-17(11-9-16)15(3)25-21(26)18(12-23)13-24-20-7-5-6-19(22)14(20)2/h5-11,13,15,24H,4H2,1-3H3,(H,25,26)/b18-13-.